The van der Waals surface area contributed by atoms with E-state index in [0.717, 1.165) is 11.1 Å². The zero-order valence-corrected chi connectivity index (χ0v) is 14.7. The molecule has 3 aromatic rings. The second-order valence-corrected chi connectivity index (χ2v) is 6.56. The van der Waals surface area contributed by atoms with Crippen LogP contribution in [0.1, 0.15) is 43.0 Å². The average Bonchev–Trinajstić information content (AvgIpc) is 3.19. The van der Waals surface area contributed by atoms with Gasteiger partial charge in [0, 0.05) is 11.1 Å². The minimum Gasteiger partial charge on any atom is -0.422 e. The van der Waals surface area contributed by atoms with Gasteiger partial charge < -0.3 is 9.47 Å². The maximum atomic E-state index is 12.4. The number of benzene rings is 3. The molecule has 0 spiro atoms. The van der Waals surface area contributed by atoms with Crippen LogP contribution in [0.2, 0.25) is 0 Å². The molecule has 0 saturated heterocycles. The van der Waals surface area contributed by atoms with Gasteiger partial charge in [0.15, 0.2) is 0 Å². The predicted octanol–water partition coefficient (Wildman–Crippen LogP) is 5.02. The molecule has 0 amide bonds. The molecule has 5 rings (SSSR count). The highest BCUT2D eigenvalue weighted by Crippen LogP contribution is 2.39. The van der Waals surface area contributed by atoms with E-state index in [-0.39, 0.29) is 0 Å². The van der Waals surface area contributed by atoms with Gasteiger partial charge in [-0.1, -0.05) is 60.7 Å². The summed E-state index contributed by atoms with van der Waals surface area (Å²) in [6.07, 6.45) is 3.58. The third-order valence-corrected chi connectivity index (χ3v) is 4.73. The van der Waals surface area contributed by atoms with Crippen molar-refractivity contribution in [3.05, 3.63) is 106 Å². The van der Waals surface area contributed by atoms with Gasteiger partial charge in [-0.05, 0) is 35.4 Å². The Morgan fingerprint density at radius 3 is 1.32 bits per heavy atom. The van der Waals surface area contributed by atoms with Crippen molar-refractivity contribution in [2.24, 2.45) is 0 Å². The van der Waals surface area contributed by atoms with Crippen LogP contribution in [0.3, 0.4) is 0 Å². The van der Waals surface area contributed by atoms with Crippen LogP contribution in [0.25, 0.3) is 23.7 Å². The highest BCUT2D eigenvalue weighted by Gasteiger charge is 2.34. The topological polar surface area (TPSA) is 52.6 Å². The van der Waals surface area contributed by atoms with E-state index in [1.54, 1.807) is 24.3 Å². The molecule has 4 nitrogen and oxygen atoms in total. The van der Waals surface area contributed by atoms with E-state index in [9.17, 15) is 9.59 Å². The van der Waals surface area contributed by atoms with E-state index >= 15 is 0 Å². The molecule has 0 unspecified atom stereocenters. The molecule has 2 aliphatic heterocycles. The molecular formula is C24H14O4. The third kappa shape index (κ3) is 2.72. The van der Waals surface area contributed by atoms with Gasteiger partial charge in [-0.3, -0.25) is 0 Å². The van der Waals surface area contributed by atoms with Crippen LogP contribution in [0.5, 0.6) is 0 Å². The van der Waals surface area contributed by atoms with Crippen LogP contribution in [0, 0.1) is 0 Å². The molecule has 4 heteroatoms. The number of rotatable bonds is 2. The lowest BCUT2D eigenvalue weighted by Crippen LogP contribution is -1.97. The molecule has 0 N–H and O–H groups in total. The number of ether oxygens (including phenoxy) is 2. The highest BCUT2D eigenvalue weighted by atomic mass is 16.5. The van der Waals surface area contributed by atoms with Crippen LogP contribution in [0.4, 0.5) is 0 Å². The van der Waals surface area contributed by atoms with Crippen LogP contribution < -0.4 is 0 Å². The zero-order valence-electron chi connectivity index (χ0n) is 14.7. The summed E-state index contributed by atoms with van der Waals surface area (Å²) in [6, 6.07) is 22.5. The van der Waals surface area contributed by atoms with Crippen LogP contribution in [-0.4, -0.2) is 11.9 Å². The van der Waals surface area contributed by atoms with Gasteiger partial charge in [0.1, 0.15) is 11.5 Å². The Bertz CT molecular complexity index is 1080. The molecular weight excluding hydrogens is 352 g/mol. The normalized spacial score (nSPS) is 17.4. The first-order chi connectivity index (χ1) is 13.7. The fourth-order valence-corrected chi connectivity index (χ4v) is 3.38. The molecule has 0 aromatic heterocycles. The second-order valence-electron chi connectivity index (χ2n) is 6.56. The van der Waals surface area contributed by atoms with E-state index in [4.69, 9.17) is 9.47 Å². The first-order valence-electron chi connectivity index (χ1n) is 8.86. The van der Waals surface area contributed by atoms with Crippen molar-refractivity contribution in [1.29, 1.82) is 0 Å². The van der Waals surface area contributed by atoms with Gasteiger partial charge in [0.2, 0.25) is 0 Å². The minimum atomic E-state index is -0.432. The fourth-order valence-electron chi connectivity index (χ4n) is 3.38. The maximum absolute atomic E-state index is 12.4. The average molecular weight is 366 g/mol. The lowest BCUT2D eigenvalue weighted by atomic mass is 9.97. The zero-order chi connectivity index (χ0) is 19.1. The molecule has 2 heterocycles. The number of esters is 2. The van der Waals surface area contributed by atoms with E-state index in [0.29, 0.717) is 33.8 Å². The Morgan fingerprint density at radius 1 is 0.536 bits per heavy atom. The SMILES string of the molecule is O=C1O/C(=C/c2ccccc2)c2cc3c(cc21)/C(=C\c1ccccc1)OC3=O. The van der Waals surface area contributed by atoms with Gasteiger partial charge in [-0.2, -0.15) is 0 Å². The van der Waals surface area contributed by atoms with E-state index in [2.05, 4.69) is 0 Å². The summed E-state index contributed by atoms with van der Waals surface area (Å²) < 4.78 is 10.9. The summed E-state index contributed by atoms with van der Waals surface area (Å²) >= 11 is 0. The van der Waals surface area contributed by atoms with E-state index < -0.39 is 11.9 Å². The summed E-state index contributed by atoms with van der Waals surface area (Å²) in [4.78, 5) is 24.8. The maximum Gasteiger partial charge on any atom is 0.344 e. The molecule has 0 radical (unpaired) electrons. The second kappa shape index (κ2) is 6.35. The fraction of sp³-hybridized carbons (Fsp3) is 0. The largest absolute Gasteiger partial charge is 0.422 e. The first kappa shape index (κ1) is 16.3. The number of cyclic esters (lactones) is 2. The summed E-state index contributed by atoms with van der Waals surface area (Å²) in [7, 11) is 0. The Hall–Kier alpha value is -3.92. The number of hydrogen-bond donors (Lipinski definition) is 0. The molecule has 2 aliphatic rings. The van der Waals surface area contributed by atoms with Crippen molar-refractivity contribution in [1.82, 2.24) is 0 Å². The van der Waals surface area contributed by atoms with Crippen molar-refractivity contribution >= 4 is 35.6 Å². The molecule has 0 saturated carbocycles. The van der Waals surface area contributed by atoms with Crippen LogP contribution in [0.15, 0.2) is 72.8 Å². The monoisotopic (exact) mass is 366 g/mol. The molecule has 134 valence electrons. The summed E-state index contributed by atoms with van der Waals surface area (Å²) in [5.74, 6) is 0.00126. The number of hydrogen-bond acceptors (Lipinski definition) is 4. The quantitative estimate of drug-likeness (QED) is 0.598. The molecule has 0 atom stereocenters. The number of carbonyl (C=O) groups is 2. The molecule has 0 bridgehead atoms. The van der Waals surface area contributed by atoms with Crippen LogP contribution in [-0.2, 0) is 9.47 Å². The first-order valence-corrected chi connectivity index (χ1v) is 8.86. The van der Waals surface area contributed by atoms with Gasteiger partial charge in [0.25, 0.3) is 0 Å². The lowest BCUT2D eigenvalue weighted by molar-refractivity contribution is 0.0708. The van der Waals surface area contributed by atoms with Gasteiger partial charge >= 0.3 is 11.9 Å². The van der Waals surface area contributed by atoms with E-state index in [1.165, 1.54) is 0 Å². The van der Waals surface area contributed by atoms with Crippen molar-refractivity contribution in [2.45, 2.75) is 0 Å². The van der Waals surface area contributed by atoms with Gasteiger partial charge in [-0.15, -0.1) is 0 Å². The predicted molar refractivity (Wildman–Crippen MR) is 106 cm³/mol. The van der Waals surface area contributed by atoms with Gasteiger partial charge in [-0.25, -0.2) is 9.59 Å². The third-order valence-electron chi connectivity index (χ3n) is 4.73. The van der Waals surface area contributed by atoms with Crippen molar-refractivity contribution in [3.63, 3.8) is 0 Å². The molecule has 28 heavy (non-hydrogen) atoms. The van der Waals surface area contributed by atoms with Crippen molar-refractivity contribution in [3.8, 4) is 0 Å². The molecule has 0 fully saturated rings. The number of carbonyl (C=O) groups excluding carboxylic acids is 2. The van der Waals surface area contributed by atoms with Crippen LogP contribution >= 0.6 is 0 Å². The Morgan fingerprint density at radius 2 is 0.929 bits per heavy atom. The van der Waals surface area contributed by atoms with Gasteiger partial charge in [0.05, 0.1) is 11.1 Å². The number of fused-ring (bicyclic) bond motifs is 2. The van der Waals surface area contributed by atoms with E-state index in [1.807, 2.05) is 60.7 Å². The highest BCUT2D eigenvalue weighted by molar-refractivity contribution is 6.12. The molecule has 0 aliphatic carbocycles. The summed E-state index contributed by atoms with van der Waals surface area (Å²) in [5.41, 5.74) is 3.88. The molecule has 3 aromatic carbocycles. The summed E-state index contributed by atoms with van der Waals surface area (Å²) in [5, 5.41) is 0. The Kier molecular flexibility index (Phi) is 3.69. The summed E-state index contributed by atoms with van der Waals surface area (Å²) in [6.45, 7) is 0. The van der Waals surface area contributed by atoms with Crippen molar-refractivity contribution in [2.75, 3.05) is 0 Å². The standard InChI is InChI=1S/C24H14O4/c25-23-19-14-18-20(24(26)28-22(18)12-16-9-5-2-6-10-16)13-17(19)21(27-23)11-15-7-3-1-4-8-15/h1-14H/b21-11+,22-12+. The smallest absolute Gasteiger partial charge is 0.344 e. The minimum absolute atomic E-state index is 0.429. The Balaban J connectivity index is 1.62. The Labute approximate surface area is 161 Å². The lowest BCUT2D eigenvalue weighted by Gasteiger charge is -2.01. The van der Waals surface area contributed by atoms with Crippen molar-refractivity contribution < 1.29 is 19.1 Å².